The summed E-state index contributed by atoms with van der Waals surface area (Å²) in [6.45, 7) is 0.784. The van der Waals surface area contributed by atoms with E-state index in [1.807, 2.05) is 29.2 Å². The second-order valence-corrected chi connectivity index (χ2v) is 9.99. The van der Waals surface area contributed by atoms with E-state index in [1.165, 1.54) is 0 Å². The SMILES string of the molecule is COc1ccc(C2(O)CN(c3nc4c(c(NC5(CO)CCC5)n3)[S@](=O)CC4)C2)cc1. The minimum atomic E-state index is -1.13. The molecule has 3 aliphatic rings. The van der Waals surface area contributed by atoms with Crippen LogP contribution in [0.5, 0.6) is 5.75 Å². The first kappa shape index (κ1) is 19.7. The Balaban J connectivity index is 1.40. The molecule has 0 radical (unpaired) electrons. The number of aliphatic hydroxyl groups is 2. The number of fused-ring (bicyclic) bond motifs is 1. The Bertz CT molecular complexity index is 982. The average Bonchev–Trinajstić information content (AvgIpc) is 3.09. The summed E-state index contributed by atoms with van der Waals surface area (Å²) in [4.78, 5) is 12.0. The first-order valence-electron chi connectivity index (χ1n) is 10.3. The lowest BCUT2D eigenvalue weighted by atomic mass is 9.77. The van der Waals surface area contributed by atoms with Crippen LogP contribution in [0.3, 0.4) is 0 Å². The Kier molecular flexibility index (Phi) is 4.72. The summed E-state index contributed by atoms with van der Waals surface area (Å²) in [5.74, 6) is 2.39. The number of methoxy groups -OCH3 is 1. The molecule has 1 saturated carbocycles. The van der Waals surface area contributed by atoms with Crippen LogP contribution in [0.2, 0.25) is 0 Å². The number of benzene rings is 1. The topological polar surface area (TPSA) is 108 Å². The highest BCUT2D eigenvalue weighted by Crippen LogP contribution is 2.40. The predicted molar refractivity (Wildman–Crippen MR) is 113 cm³/mol. The van der Waals surface area contributed by atoms with Gasteiger partial charge in [-0.15, -0.1) is 0 Å². The third kappa shape index (κ3) is 3.16. The Labute approximate surface area is 177 Å². The van der Waals surface area contributed by atoms with E-state index in [0.29, 0.717) is 41.9 Å². The van der Waals surface area contributed by atoms with Gasteiger partial charge in [0.05, 0.1) is 48.8 Å². The fourth-order valence-electron chi connectivity index (χ4n) is 4.40. The quantitative estimate of drug-likeness (QED) is 0.627. The average molecular weight is 431 g/mol. The second-order valence-electron chi connectivity index (χ2n) is 8.48. The van der Waals surface area contributed by atoms with Crippen LogP contribution in [0.25, 0.3) is 0 Å². The van der Waals surface area contributed by atoms with Crippen LogP contribution in [-0.4, -0.2) is 62.5 Å². The molecule has 2 fully saturated rings. The summed E-state index contributed by atoms with van der Waals surface area (Å²) in [6, 6.07) is 7.42. The standard InChI is InChI=1S/C21H26N4O4S/c1-29-15-5-3-14(4-6-15)21(27)11-25(12-21)19-22-16-7-10-30(28)17(16)18(23-19)24-20(13-26)8-2-9-20/h3-6,26-27H,2,7-13H2,1H3,(H,22,23,24)/t30-/m1/s1. The van der Waals surface area contributed by atoms with Crippen molar-refractivity contribution >= 4 is 22.6 Å². The summed E-state index contributed by atoms with van der Waals surface area (Å²) in [5.41, 5.74) is 0.276. The van der Waals surface area contributed by atoms with Gasteiger partial charge in [-0.2, -0.15) is 4.98 Å². The molecule has 5 rings (SSSR count). The minimum absolute atomic E-state index is 0.0225. The lowest BCUT2D eigenvalue weighted by Crippen LogP contribution is -2.60. The zero-order chi connectivity index (χ0) is 20.9. The van der Waals surface area contributed by atoms with E-state index in [-0.39, 0.29) is 12.1 Å². The van der Waals surface area contributed by atoms with Crippen LogP contribution in [0.15, 0.2) is 29.2 Å². The molecule has 1 aromatic heterocycles. The van der Waals surface area contributed by atoms with Crippen LogP contribution in [-0.2, 0) is 22.8 Å². The molecule has 160 valence electrons. The molecular formula is C21H26N4O4S. The van der Waals surface area contributed by atoms with Gasteiger partial charge in [0, 0.05) is 12.2 Å². The maximum atomic E-state index is 12.5. The summed E-state index contributed by atoms with van der Waals surface area (Å²) < 4.78 is 17.7. The van der Waals surface area contributed by atoms with Gasteiger partial charge in [0.2, 0.25) is 5.95 Å². The summed E-state index contributed by atoms with van der Waals surface area (Å²) >= 11 is 0. The molecule has 9 heteroatoms. The van der Waals surface area contributed by atoms with Gasteiger partial charge in [-0.3, -0.25) is 4.21 Å². The molecule has 3 heterocycles. The van der Waals surface area contributed by atoms with Crippen molar-refractivity contribution in [3.63, 3.8) is 0 Å². The normalized spacial score (nSPS) is 23.3. The van der Waals surface area contributed by atoms with Crippen molar-refractivity contribution in [1.82, 2.24) is 9.97 Å². The van der Waals surface area contributed by atoms with Crippen molar-refractivity contribution in [1.29, 1.82) is 0 Å². The maximum absolute atomic E-state index is 12.5. The van der Waals surface area contributed by atoms with Crippen molar-refractivity contribution in [2.45, 2.75) is 41.7 Å². The molecule has 0 bridgehead atoms. The first-order valence-corrected chi connectivity index (χ1v) is 11.6. The molecule has 1 atom stereocenters. The zero-order valence-corrected chi connectivity index (χ0v) is 17.7. The van der Waals surface area contributed by atoms with Crippen molar-refractivity contribution in [2.24, 2.45) is 0 Å². The van der Waals surface area contributed by atoms with Crippen LogP contribution in [0.1, 0.15) is 30.5 Å². The summed E-state index contributed by atoms with van der Waals surface area (Å²) in [6.07, 6.45) is 3.43. The minimum Gasteiger partial charge on any atom is -0.497 e. The number of aliphatic hydroxyl groups excluding tert-OH is 1. The molecule has 0 unspecified atom stereocenters. The third-order valence-corrected chi connectivity index (χ3v) is 7.95. The largest absolute Gasteiger partial charge is 0.497 e. The summed E-state index contributed by atoms with van der Waals surface area (Å²) in [5, 5.41) is 24.2. The Morgan fingerprint density at radius 3 is 2.57 bits per heavy atom. The zero-order valence-electron chi connectivity index (χ0n) is 16.9. The molecule has 3 N–H and O–H groups in total. The van der Waals surface area contributed by atoms with E-state index in [4.69, 9.17) is 4.74 Å². The predicted octanol–water partition coefficient (Wildman–Crippen LogP) is 1.18. The highest BCUT2D eigenvalue weighted by Gasteiger charge is 2.45. The molecule has 1 saturated heterocycles. The smallest absolute Gasteiger partial charge is 0.227 e. The van der Waals surface area contributed by atoms with E-state index in [9.17, 15) is 14.4 Å². The van der Waals surface area contributed by atoms with Gasteiger partial charge >= 0.3 is 0 Å². The number of β-amino-alcohol motifs (C(OH)–C–C–N with tert-alkyl or cyclic N) is 1. The number of hydrogen-bond acceptors (Lipinski definition) is 8. The van der Waals surface area contributed by atoms with Gasteiger partial charge in [0.25, 0.3) is 0 Å². The molecule has 0 amide bonds. The van der Waals surface area contributed by atoms with Gasteiger partial charge in [0.1, 0.15) is 22.1 Å². The van der Waals surface area contributed by atoms with Gasteiger partial charge < -0.3 is 25.2 Å². The lowest BCUT2D eigenvalue weighted by molar-refractivity contribution is 0.00647. The molecule has 30 heavy (non-hydrogen) atoms. The van der Waals surface area contributed by atoms with Gasteiger partial charge in [0.15, 0.2) is 0 Å². The fourth-order valence-corrected chi connectivity index (χ4v) is 5.70. The highest BCUT2D eigenvalue weighted by atomic mass is 32.2. The number of anilines is 2. The monoisotopic (exact) mass is 430 g/mol. The van der Waals surface area contributed by atoms with E-state index >= 15 is 0 Å². The molecule has 1 aliphatic carbocycles. The van der Waals surface area contributed by atoms with Gasteiger partial charge in [-0.25, -0.2) is 4.98 Å². The number of aryl methyl sites for hydroxylation is 1. The number of hydrogen-bond donors (Lipinski definition) is 3. The number of aromatic nitrogens is 2. The Hall–Kier alpha value is -2.23. The first-order chi connectivity index (χ1) is 14.5. The van der Waals surface area contributed by atoms with Crippen LogP contribution >= 0.6 is 0 Å². The van der Waals surface area contributed by atoms with E-state index in [0.717, 1.165) is 36.3 Å². The Morgan fingerprint density at radius 1 is 1.23 bits per heavy atom. The third-order valence-electron chi connectivity index (χ3n) is 6.49. The second kappa shape index (κ2) is 7.18. The fraction of sp³-hybridized carbons (Fsp3) is 0.524. The van der Waals surface area contributed by atoms with Crippen molar-refractivity contribution in [2.75, 3.05) is 42.8 Å². The lowest BCUT2D eigenvalue weighted by Gasteiger charge is -2.47. The summed E-state index contributed by atoms with van der Waals surface area (Å²) in [7, 11) is 0.488. The molecule has 2 aromatic rings. The number of nitrogens with one attached hydrogen (secondary N) is 1. The molecule has 2 aliphatic heterocycles. The van der Waals surface area contributed by atoms with Gasteiger partial charge in [-0.05, 0) is 37.0 Å². The van der Waals surface area contributed by atoms with E-state index in [1.54, 1.807) is 7.11 Å². The van der Waals surface area contributed by atoms with Crippen LogP contribution in [0, 0.1) is 0 Å². The molecule has 1 aromatic carbocycles. The molecule has 0 spiro atoms. The van der Waals surface area contributed by atoms with Crippen LogP contribution in [0.4, 0.5) is 11.8 Å². The van der Waals surface area contributed by atoms with E-state index in [2.05, 4.69) is 15.3 Å². The highest BCUT2D eigenvalue weighted by molar-refractivity contribution is 7.85. The van der Waals surface area contributed by atoms with E-state index < -0.39 is 16.4 Å². The number of ether oxygens (including phenoxy) is 1. The van der Waals surface area contributed by atoms with Crippen LogP contribution < -0.4 is 15.0 Å². The van der Waals surface area contributed by atoms with Gasteiger partial charge in [-0.1, -0.05) is 12.1 Å². The van der Waals surface area contributed by atoms with Crippen molar-refractivity contribution < 1.29 is 19.2 Å². The van der Waals surface area contributed by atoms with Crippen molar-refractivity contribution in [3.05, 3.63) is 35.5 Å². The number of nitrogens with zero attached hydrogens (tertiary/aromatic N) is 3. The number of rotatable bonds is 6. The maximum Gasteiger partial charge on any atom is 0.227 e. The molecule has 8 nitrogen and oxygen atoms in total. The molecular weight excluding hydrogens is 404 g/mol. The van der Waals surface area contributed by atoms with Crippen molar-refractivity contribution in [3.8, 4) is 5.75 Å². The Morgan fingerprint density at radius 2 is 1.97 bits per heavy atom.